The topological polar surface area (TPSA) is 92.4 Å². The summed E-state index contributed by atoms with van der Waals surface area (Å²) in [7, 11) is 0. The number of rotatable bonds is 5. The van der Waals surface area contributed by atoms with Crippen LogP contribution in [0, 0.1) is 11.7 Å². The predicted octanol–water partition coefficient (Wildman–Crippen LogP) is 1.84. The number of carbonyl (C=O) groups is 2. The first kappa shape index (κ1) is 15.1. The summed E-state index contributed by atoms with van der Waals surface area (Å²) in [6.45, 7) is 3.85. The lowest BCUT2D eigenvalue weighted by atomic mass is 10.0. The third-order valence-electron chi connectivity index (χ3n) is 2.54. The standard InChI is InChI=1S/C13H17FN2O3/c1-7(2)5-10(15)12(17)16-11-4-3-8(13(18)19)6-9(11)14/h3-4,6-7,10H,5,15H2,1-2H3,(H,16,17)(H,18,19). The van der Waals surface area contributed by atoms with Crippen LogP contribution >= 0.6 is 0 Å². The van der Waals surface area contributed by atoms with E-state index in [0.29, 0.717) is 6.42 Å². The molecular formula is C13H17FN2O3. The first-order valence-corrected chi connectivity index (χ1v) is 5.90. The molecule has 1 aromatic carbocycles. The Morgan fingerprint density at radius 2 is 2.05 bits per heavy atom. The van der Waals surface area contributed by atoms with Crippen molar-refractivity contribution in [2.75, 3.05) is 5.32 Å². The van der Waals surface area contributed by atoms with Gasteiger partial charge in [0.25, 0.3) is 0 Å². The van der Waals surface area contributed by atoms with Gasteiger partial charge in [0, 0.05) is 0 Å². The van der Waals surface area contributed by atoms with Gasteiger partial charge in [0.2, 0.25) is 5.91 Å². The molecule has 19 heavy (non-hydrogen) atoms. The van der Waals surface area contributed by atoms with E-state index in [1.165, 1.54) is 12.1 Å². The van der Waals surface area contributed by atoms with Crippen LogP contribution in [0.25, 0.3) is 0 Å². The minimum absolute atomic E-state index is 0.0748. The number of anilines is 1. The lowest BCUT2D eigenvalue weighted by Crippen LogP contribution is -2.36. The Morgan fingerprint density at radius 3 is 2.53 bits per heavy atom. The molecule has 1 atom stereocenters. The molecule has 0 aliphatic rings. The van der Waals surface area contributed by atoms with Gasteiger partial charge in [-0.3, -0.25) is 4.79 Å². The van der Waals surface area contributed by atoms with E-state index in [1.54, 1.807) is 0 Å². The molecule has 4 N–H and O–H groups in total. The third kappa shape index (κ3) is 4.33. The van der Waals surface area contributed by atoms with E-state index in [4.69, 9.17) is 10.8 Å². The van der Waals surface area contributed by atoms with Crippen LogP contribution in [0.4, 0.5) is 10.1 Å². The molecule has 0 heterocycles. The summed E-state index contributed by atoms with van der Waals surface area (Å²) in [4.78, 5) is 22.3. The average Bonchev–Trinajstić information content (AvgIpc) is 2.30. The quantitative estimate of drug-likeness (QED) is 0.759. The van der Waals surface area contributed by atoms with Gasteiger partial charge >= 0.3 is 5.97 Å². The molecule has 1 amide bonds. The maximum Gasteiger partial charge on any atom is 0.335 e. The van der Waals surface area contributed by atoms with E-state index in [2.05, 4.69) is 5.32 Å². The Morgan fingerprint density at radius 1 is 1.42 bits per heavy atom. The summed E-state index contributed by atoms with van der Waals surface area (Å²) in [6.07, 6.45) is 0.487. The maximum absolute atomic E-state index is 13.6. The van der Waals surface area contributed by atoms with Crippen molar-refractivity contribution in [3.63, 3.8) is 0 Å². The van der Waals surface area contributed by atoms with E-state index in [1.807, 2.05) is 13.8 Å². The van der Waals surface area contributed by atoms with Gasteiger partial charge < -0.3 is 16.2 Å². The molecule has 0 radical (unpaired) electrons. The van der Waals surface area contributed by atoms with Gasteiger partial charge in [0.15, 0.2) is 0 Å². The highest BCUT2D eigenvalue weighted by Crippen LogP contribution is 2.16. The van der Waals surface area contributed by atoms with Crippen LogP contribution < -0.4 is 11.1 Å². The van der Waals surface area contributed by atoms with Crippen molar-refractivity contribution in [1.82, 2.24) is 0 Å². The van der Waals surface area contributed by atoms with Gasteiger partial charge in [-0.05, 0) is 30.5 Å². The van der Waals surface area contributed by atoms with Crippen molar-refractivity contribution in [2.45, 2.75) is 26.3 Å². The molecular weight excluding hydrogens is 251 g/mol. The molecule has 0 aliphatic heterocycles. The number of nitrogens with one attached hydrogen (secondary N) is 1. The molecule has 0 fully saturated rings. The molecule has 0 aliphatic carbocycles. The van der Waals surface area contributed by atoms with Crippen molar-refractivity contribution in [1.29, 1.82) is 0 Å². The number of aromatic carboxylic acids is 1. The predicted molar refractivity (Wildman–Crippen MR) is 69.4 cm³/mol. The summed E-state index contributed by atoms with van der Waals surface area (Å²) in [6, 6.07) is 2.55. The molecule has 5 nitrogen and oxygen atoms in total. The fraction of sp³-hybridized carbons (Fsp3) is 0.385. The van der Waals surface area contributed by atoms with Crippen LogP contribution in [-0.4, -0.2) is 23.0 Å². The summed E-state index contributed by atoms with van der Waals surface area (Å²) in [5, 5.41) is 11.0. The van der Waals surface area contributed by atoms with Crippen LogP contribution in [-0.2, 0) is 4.79 Å². The smallest absolute Gasteiger partial charge is 0.335 e. The summed E-state index contributed by atoms with van der Waals surface area (Å²) >= 11 is 0. The zero-order valence-electron chi connectivity index (χ0n) is 10.8. The Hall–Kier alpha value is -1.95. The Balaban J connectivity index is 2.77. The molecule has 104 valence electrons. The maximum atomic E-state index is 13.6. The van der Waals surface area contributed by atoms with E-state index < -0.39 is 23.7 Å². The number of halogens is 1. The SMILES string of the molecule is CC(C)CC(N)C(=O)Nc1ccc(C(=O)O)cc1F. The molecule has 0 saturated carbocycles. The van der Waals surface area contributed by atoms with Crippen LogP contribution in [0.3, 0.4) is 0 Å². The number of amides is 1. The summed E-state index contributed by atoms with van der Waals surface area (Å²) in [5.41, 5.74) is 5.41. The first-order valence-electron chi connectivity index (χ1n) is 5.90. The molecule has 1 unspecified atom stereocenters. The average molecular weight is 268 g/mol. The highest BCUT2D eigenvalue weighted by Gasteiger charge is 2.17. The van der Waals surface area contributed by atoms with Gasteiger partial charge in [-0.25, -0.2) is 9.18 Å². The van der Waals surface area contributed by atoms with Crippen LogP contribution in [0.2, 0.25) is 0 Å². The van der Waals surface area contributed by atoms with E-state index in [0.717, 1.165) is 6.07 Å². The van der Waals surface area contributed by atoms with Gasteiger partial charge in [0.05, 0.1) is 17.3 Å². The van der Waals surface area contributed by atoms with Gasteiger partial charge in [0.1, 0.15) is 5.82 Å². The number of hydrogen-bond donors (Lipinski definition) is 3. The number of hydrogen-bond acceptors (Lipinski definition) is 3. The monoisotopic (exact) mass is 268 g/mol. The van der Waals surface area contributed by atoms with Crippen LogP contribution in [0.1, 0.15) is 30.6 Å². The van der Waals surface area contributed by atoms with E-state index in [-0.39, 0.29) is 17.2 Å². The fourth-order valence-corrected chi connectivity index (χ4v) is 1.59. The zero-order chi connectivity index (χ0) is 14.6. The number of carboxylic acid groups (broad SMARTS) is 1. The van der Waals surface area contributed by atoms with Gasteiger partial charge in [-0.1, -0.05) is 13.8 Å². The molecule has 1 aromatic rings. The minimum atomic E-state index is -1.23. The Bertz CT molecular complexity index is 489. The Kier molecular flexibility index (Phi) is 5.00. The Labute approximate surface area is 110 Å². The van der Waals surface area contributed by atoms with Crippen molar-refractivity contribution < 1.29 is 19.1 Å². The largest absolute Gasteiger partial charge is 0.478 e. The second-order valence-electron chi connectivity index (χ2n) is 4.73. The molecule has 0 bridgehead atoms. The van der Waals surface area contributed by atoms with Crippen molar-refractivity contribution >= 4 is 17.6 Å². The highest BCUT2D eigenvalue weighted by molar-refractivity contribution is 5.95. The number of nitrogens with two attached hydrogens (primary N) is 1. The lowest BCUT2D eigenvalue weighted by molar-refractivity contribution is -0.117. The number of carboxylic acids is 1. The van der Waals surface area contributed by atoms with Crippen molar-refractivity contribution in [3.05, 3.63) is 29.6 Å². The third-order valence-corrected chi connectivity index (χ3v) is 2.54. The van der Waals surface area contributed by atoms with Crippen LogP contribution in [0.5, 0.6) is 0 Å². The first-order chi connectivity index (χ1) is 8.81. The number of carbonyl (C=O) groups excluding carboxylic acids is 1. The molecule has 1 rings (SSSR count). The van der Waals surface area contributed by atoms with Crippen molar-refractivity contribution in [2.24, 2.45) is 11.7 Å². The second-order valence-corrected chi connectivity index (χ2v) is 4.73. The summed E-state index contributed by atoms with van der Waals surface area (Å²) < 4.78 is 13.6. The minimum Gasteiger partial charge on any atom is -0.478 e. The lowest BCUT2D eigenvalue weighted by Gasteiger charge is -2.14. The molecule has 0 spiro atoms. The van der Waals surface area contributed by atoms with Crippen LogP contribution in [0.15, 0.2) is 18.2 Å². The second kappa shape index (κ2) is 6.29. The van der Waals surface area contributed by atoms with Gasteiger partial charge in [-0.15, -0.1) is 0 Å². The van der Waals surface area contributed by atoms with E-state index >= 15 is 0 Å². The fourth-order valence-electron chi connectivity index (χ4n) is 1.59. The van der Waals surface area contributed by atoms with Crippen molar-refractivity contribution in [3.8, 4) is 0 Å². The number of benzene rings is 1. The van der Waals surface area contributed by atoms with Gasteiger partial charge in [-0.2, -0.15) is 0 Å². The normalized spacial score (nSPS) is 12.3. The highest BCUT2D eigenvalue weighted by atomic mass is 19.1. The summed E-state index contributed by atoms with van der Waals surface area (Å²) in [5.74, 6) is -2.27. The molecule has 0 saturated heterocycles. The molecule has 6 heteroatoms. The van der Waals surface area contributed by atoms with E-state index in [9.17, 15) is 14.0 Å². The zero-order valence-corrected chi connectivity index (χ0v) is 10.8. The molecule has 0 aromatic heterocycles.